The van der Waals surface area contributed by atoms with Crippen LogP contribution in [0.1, 0.15) is 68.3 Å². The number of hydrogen-bond acceptors (Lipinski definition) is 3. The molecule has 3 heteroatoms. The first-order chi connectivity index (χ1) is 7.83. The minimum absolute atomic E-state index is 0.565. The smallest absolute Gasteiger partial charge is 0.134 e. The molecule has 2 aliphatic rings. The number of anilines is 1. The van der Waals surface area contributed by atoms with Gasteiger partial charge in [-0.1, -0.05) is 19.3 Å². The molecular weight excluding hydrogens is 198 g/mol. The second kappa shape index (κ2) is 4.04. The maximum Gasteiger partial charge on any atom is 0.134 e. The van der Waals surface area contributed by atoms with Gasteiger partial charge in [-0.05, 0) is 25.7 Å². The molecule has 0 aromatic carbocycles. The molecule has 0 amide bonds. The lowest BCUT2D eigenvalue weighted by molar-refractivity contribution is 0.428. The maximum absolute atomic E-state index is 5.88. The minimum atomic E-state index is 0.565. The van der Waals surface area contributed by atoms with Gasteiger partial charge in [-0.15, -0.1) is 0 Å². The van der Waals surface area contributed by atoms with Crippen molar-refractivity contribution in [3.05, 3.63) is 17.6 Å². The molecule has 3 rings (SSSR count). The van der Waals surface area contributed by atoms with E-state index in [1.165, 1.54) is 50.6 Å². The third-order valence-electron chi connectivity index (χ3n) is 3.75. The summed E-state index contributed by atoms with van der Waals surface area (Å²) in [5.74, 6) is 2.92. The summed E-state index contributed by atoms with van der Waals surface area (Å²) < 4.78 is 0. The summed E-state index contributed by atoms with van der Waals surface area (Å²) in [6, 6.07) is 1.96. The minimum Gasteiger partial charge on any atom is -0.384 e. The highest BCUT2D eigenvalue weighted by molar-refractivity contribution is 5.33. The van der Waals surface area contributed by atoms with Crippen molar-refractivity contribution < 1.29 is 0 Å². The van der Waals surface area contributed by atoms with Gasteiger partial charge in [0.05, 0.1) is 0 Å². The van der Waals surface area contributed by atoms with Crippen LogP contribution in [0.15, 0.2) is 6.07 Å². The van der Waals surface area contributed by atoms with Crippen molar-refractivity contribution in [3.8, 4) is 0 Å². The average molecular weight is 217 g/mol. The molecule has 0 saturated heterocycles. The normalized spacial score (nSPS) is 22.2. The highest BCUT2D eigenvalue weighted by atomic mass is 15.0. The summed E-state index contributed by atoms with van der Waals surface area (Å²) in [6.45, 7) is 0. The van der Waals surface area contributed by atoms with Crippen LogP contribution in [0.25, 0.3) is 0 Å². The molecule has 2 fully saturated rings. The zero-order valence-electron chi connectivity index (χ0n) is 9.65. The van der Waals surface area contributed by atoms with Gasteiger partial charge in [-0.25, -0.2) is 9.97 Å². The zero-order chi connectivity index (χ0) is 11.0. The van der Waals surface area contributed by atoms with E-state index >= 15 is 0 Å². The molecule has 0 spiro atoms. The van der Waals surface area contributed by atoms with E-state index in [2.05, 4.69) is 4.98 Å². The van der Waals surface area contributed by atoms with Gasteiger partial charge in [-0.3, -0.25) is 0 Å². The van der Waals surface area contributed by atoms with Crippen LogP contribution in [0.2, 0.25) is 0 Å². The molecular formula is C13H19N3. The van der Waals surface area contributed by atoms with Gasteiger partial charge < -0.3 is 5.73 Å². The Morgan fingerprint density at radius 1 is 0.938 bits per heavy atom. The molecule has 3 nitrogen and oxygen atoms in total. The summed E-state index contributed by atoms with van der Waals surface area (Å²) in [4.78, 5) is 9.16. The first kappa shape index (κ1) is 10.1. The molecule has 0 radical (unpaired) electrons. The monoisotopic (exact) mass is 217 g/mol. The van der Waals surface area contributed by atoms with Crippen molar-refractivity contribution >= 4 is 5.82 Å². The summed E-state index contributed by atoms with van der Waals surface area (Å²) in [7, 11) is 0. The fourth-order valence-corrected chi connectivity index (χ4v) is 2.64. The predicted octanol–water partition coefficient (Wildman–Crippen LogP) is 2.98. The van der Waals surface area contributed by atoms with Crippen molar-refractivity contribution in [1.29, 1.82) is 0 Å². The van der Waals surface area contributed by atoms with Crippen LogP contribution in [0.5, 0.6) is 0 Å². The second-order valence-electron chi connectivity index (χ2n) is 5.19. The van der Waals surface area contributed by atoms with Gasteiger partial charge >= 0.3 is 0 Å². The van der Waals surface area contributed by atoms with E-state index in [1.807, 2.05) is 6.07 Å². The second-order valence-corrected chi connectivity index (χ2v) is 5.19. The van der Waals surface area contributed by atoms with Crippen LogP contribution in [0.4, 0.5) is 5.82 Å². The Kier molecular flexibility index (Phi) is 2.54. The predicted molar refractivity (Wildman–Crippen MR) is 64.2 cm³/mol. The Morgan fingerprint density at radius 2 is 1.69 bits per heavy atom. The van der Waals surface area contributed by atoms with Crippen LogP contribution >= 0.6 is 0 Å². The number of hydrogen-bond donors (Lipinski definition) is 1. The van der Waals surface area contributed by atoms with Crippen molar-refractivity contribution in [3.63, 3.8) is 0 Å². The highest BCUT2D eigenvalue weighted by Crippen LogP contribution is 2.40. The number of nitrogens with two attached hydrogens (primary N) is 1. The third kappa shape index (κ3) is 2.04. The molecule has 0 atom stereocenters. The Balaban J connectivity index is 1.86. The molecule has 2 saturated carbocycles. The zero-order valence-corrected chi connectivity index (χ0v) is 9.65. The van der Waals surface area contributed by atoms with E-state index < -0.39 is 0 Å². The largest absolute Gasteiger partial charge is 0.384 e. The van der Waals surface area contributed by atoms with Gasteiger partial charge in [0.1, 0.15) is 11.6 Å². The first-order valence-corrected chi connectivity index (χ1v) is 6.47. The van der Waals surface area contributed by atoms with Gasteiger partial charge in [0.15, 0.2) is 0 Å². The highest BCUT2D eigenvalue weighted by Gasteiger charge is 2.27. The lowest BCUT2D eigenvalue weighted by Crippen LogP contribution is -2.11. The maximum atomic E-state index is 5.88. The molecule has 86 valence electrons. The first-order valence-electron chi connectivity index (χ1n) is 6.47. The quantitative estimate of drug-likeness (QED) is 0.828. The molecule has 16 heavy (non-hydrogen) atoms. The fraction of sp³-hybridized carbons (Fsp3) is 0.692. The third-order valence-corrected chi connectivity index (χ3v) is 3.75. The molecule has 0 unspecified atom stereocenters. The number of rotatable bonds is 2. The van der Waals surface area contributed by atoms with E-state index in [-0.39, 0.29) is 0 Å². The van der Waals surface area contributed by atoms with E-state index in [9.17, 15) is 0 Å². The van der Waals surface area contributed by atoms with Crippen molar-refractivity contribution in [2.45, 2.75) is 56.8 Å². The van der Waals surface area contributed by atoms with Gasteiger partial charge in [-0.2, -0.15) is 0 Å². The SMILES string of the molecule is Nc1cc(C2CC2)nc(C2CCCCC2)n1. The Hall–Kier alpha value is -1.12. The van der Waals surface area contributed by atoms with E-state index in [4.69, 9.17) is 10.7 Å². The number of nitrogen functional groups attached to an aromatic ring is 1. The molecule has 0 bridgehead atoms. The lowest BCUT2D eigenvalue weighted by Gasteiger charge is -2.20. The molecule has 2 aliphatic carbocycles. The number of nitrogens with zero attached hydrogens (tertiary/aromatic N) is 2. The van der Waals surface area contributed by atoms with Crippen LogP contribution in [-0.4, -0.2) is 9.97 Å². The van der Waals surface area contributed by atoms with Crippen LogP contribution in [0, 0.1) is 0 Å². The summed E-state index contributed by atoms with van der Waals surface area (Å²) in [5, 5.41) is 0. The molecule has 1 heterocycles. The Bertz CT molecular complexity index is 379. The van der Waals surface area contributed by atoms with Crippen molar-refractivity contribution in [2.24, 2.45) is 0 Å². The average Bonchev–Trinajstić information content (AvgIpc) is 3.13. The van der Waals surface area contributed by atoms with E-state index in [0.717, 1.165) is 5.82 Å². The van der Waals surface area contributed by atoms with E-state index in [1.54, 1.807) is 0 Å². The van der Waals surface area contributed by atoms with Crippen molar-refractivity contribution in [2.75, 3.05) is 5.73 Å². The summed E-state index contributed by atoms with van der Waals surface area (Å²) >= 11 is 0. The van der Waals surface area contributed by atoms with Crippen LogP contribution < -0.4 is 5.73 Å². The summed E-state index contributed by atoms with van der Waals surface area (Å²) in [6.07, 6.45) is 9.06. The van der Waals surface area contributed by atoms with Gasteiger partial charge in [0, 0.05) is 23.6 Å². The summed E-state index contributed by atoms with van der Waals surface area (Å²) in [5.41, 5.74) is 7.07. The Labute approximate surface area is 96.5 Å². The fourth-order valence-electron chi connectivity index (χ4n) is 2.64. The molecule has 1 aromatic rings. The van der Waals surface area contributed by atoms with Gasteiger partial charge in [0.25, 0.3) is 0 Å². The topological polar surface area (TPSA) is 51.8 Å². The van der Waals surface area contributed by atoms with Crippen LogP contribution in [-0.2, 0) is 0 Å². The molecule has 1 aromatic heterocycles. The standard InChI is InChI=1S/C13H19N3/c14-12-8-11(9-6-7-9)15-13(16-12)10-4-2-1-3-5-10/h8-10H,1-7H2,(H2,14,15,16). The molecule has 0 aliphatic heterocycles. The lowest BCUT2D eigenvalue weighted by atomic mass is 9.88. The number of aromatic nitrogens is 2. The van der Waals surface area contributed by atoms with Crippen LogP contribution in [0.3, 0.4) is 0 Å². The molecule has 2 N–H and O–H groups in total. The van der Waals surface area contributed by atoms with Gasteiger partial charge in [0.2, 0.25) is 0 Å². The van der Waals surface area contributed by atoms with E-state index in [0.29, 0.717) is 17.7 Å². The Morgan fingerprint density at radius 3 is 2.38 bits per heavy atom. The van der Waals surface area contributed by atoms with Crippen molar-refractivity contribution in [1.82, 2.24) is 9.97 Å².